The lowest BCUT2D eigenvalue weighted by molar-refractivity contribution is -0.144. The number of pyridine rings is 1. The lowest BCUT2D eigenvalue weighted by Gasteiger charge is -2.38. The molecule has 0 aliphatic carbocycles. The molecule has 6 rings (SSSR count). The van der Waals surface area contributed by atoms with E-state index in [1.165, 1.54) is 0 Å². The molecule has 3 amide bonds. The molecule has 3 N–H and O–H groups in total. The highest BCUT2D eigenvalue weighted by Crippen LogP contribution is 2.33. The lowest BCUT2D eigenvalue weighted by atomic mass is 9.89. The van der Waals surface area contributed by atoms with Gasteiger partial charge in [-0.15, -0.1) is 0 Å². The van der Waals surface area contributed by atoms with E-state index in [1.54, 1.807) is 24.4 Å². The monoisotopic (exact) mass is 600 g/mol. The molecule has 4 atom stereocenters. The van der Waals surface area contributed by atoms with Gasteiger partial charge in [0.15, 0.2) is 0 Å². The minimum absolute atomic E-state index is 0.0859. The molecule has 0 saturated carbocycles. The van der Waals surface area contributed by atoms with Gasteiger partial charge in [-0.25, -0.2) is 0 Å². The van der Waals surface area contributed by atoms with Gasteiger partial charge in [0.2, 0.25) is 17.7 Å². The Labute approximate surface area is 258 Å². The second-order valence-corrected chi connectivity index (χ2v) is 13.3. The molecular weight excluding hydrogens is 556 g/mol. The molecule has 3 fully saturated rings. The number of carbonyl (C=O) groups excluding carboxylic acids is 3. The van der Waals surface area contributed by atoms with Gasteiger partial charge in [-0.3, -0.25) is 19.4 Å². The van der Waals surface area contributed by atoms with Crippen LogP contribution >= 0.6 is 0 Å². The zero-order valence-electron chi connectivity index (χ0n) is 26.0. The molecular formula is C34H44N6O4. The summed E-state index contributed by atoms with van der Waals surface area (Å²) < 4.78 is 5.31. The highest BCUT2D eigenvalue weighted by molar-refractivity contribution is 5.91. The van der Waals surface area contributed by atoms with Gasteiger partial charge in [-0.05, 0) is 94.7 Å². The molecule has 0 bridgehead atoms. The summed E-state index contributed by atoms with van der Waals surface area (Å²) in [5.41, 5.74) is 2.85. The smallest absolute Gasteiger partial charge is 0.243 e. The number of ether oxygens (including phenoxy) is 1. The number of nitrogens with zero attached hydrogens (tertiary/aromatic N) is 3. The van der Waals surface area contributed by atoms with Gasteiger partial charge >= 0.3 is 0 Å². The van der Waals surface area contributed by atoms with Gasteiger partial charge in [-0.1, -0.05) is 12.1 Å². The van der Waals surface area contributed by atoms with Gasteiger partial charge in [0.05, 0.1) is 19.7 Å². The molecule has 234 valence electrons. The molecule has 10 heteroatoms. The van der Waals surface area contributed by atoms with E-state index in [4.69, 9.17) is 4.74 Å². The quantitative estimate of drug-likeness (QED) is 0.365. The number of nitrogens with one attached hydrogen (secondary N) is 3. The fourth-order valence-corrected chi connectivity index (χ4v) is 7.35. The van der Waals surface area contributed by atoms with E-state index >= 15 is 0 Å². The second kappa shape index (κ2) is 12.6. The Morgan fingerprint density at radius 3 is 2.66 bits per heavy atom. The number of carbonyl (C=O) groups is 3. The Morgan fingerprint density at radius 1 is 1.11 bits per heavy atom. The number of aromatic nitrogens is 2. The van der Waals surface area contributed by atoms with Crippen molar-refractivity contribution >= 4 is 28.6 Å². The van der Waals surface area contributed by atoms with Crippen LogP contribution in [0.2, 0.25) is 0 Å². The zero-order chi connectivity index (χ0) is 30.8. The SMILES string of the molecule is COc1ccc(C[C@@H]2C[C@@H](C(=O)NCc3cc4cnccc4[nH]3)N(C(=O)[C@H]3C[C@@H](C(=O)N4CCCC4(C)C)CCN3)C2)cc1. The fourth-order valence-electron chi connectivity index (χ4n) is 7.35. The van der Waals surface area contributed by atoms with Crippen molar-refractivity contribution in [1.82, 2.24) is 30.4 Å². The number of hydrogen-bond acceptors (Lipinski definition) is 6. The van der Waals surface area contributed by atoms with Gasteiger partial charge in [-0.2, -0.15) is 0 Å². The molecule has 5 heterocycles. The third kappa shape index (κ3) is 6.31. The largest absolute Gasteiger partial charge is 0.497 e. The Bertz CT molecular complexity index is 1470. The molecule has 10 nitrogen and oxygen atoms in total. The summed E-state index contributed by atoms with van der Waals surface area (Å²) in [6.45, 7) is 6.48. The van der Waals surface area contributed by atoms with Crippen molar-refractivity contribution in [3.63, 3.8) is 0 Å². The summed E-state index contributed by atoms with van der Waals surface area (Å²) in [5.74, 6) is 0.657. The molecule has 0 radical (unpaired) electrons. The number of amides is 3. The molecule has 0 unspecified atom stereocenters. The molecule has 3 aliphatic heterocycles. The van der Waals surface area contributed by atoms with Gasteiger partial charge < -0.3 is 30.2 Å². The van der Waals surface area contributed by atoms with Crippen molar-refractivity contribution < 1.29 is 19.1 Å². The third-order valence-corrected chi connectivity index (χ3v) is 9.80. The maximum atomic E-state index is 14.1. The van der Waals surface area contributed by atoms with E-state index in [9.17, 15) is 14.4 Å². The van der Waals surface area contributed by atoms with Crippen molar-refractivity contribution in [3.8, 4) is 5.75 Å². The van der Waals surface area contributed by atoms with Crippen molar-refractivity contribution in [3.05, 3.63) is 60.0 Å². The van der Waals surface area contributed by atoms with Crippen LogP contribution < -0.4 is 15.4 Å². The lowest BCUT2D eigenvalue weighted by Crippen LogP contribution is -2.56. The standard InChI is InChI=1S/C34H44N6O4/c1-34(2)11-4-14-40(34)32(42)24-9-13-36-29(18-24)33(43)39-21-23(15-22-5-7-27(44-3)8-6-22)16-30(39)31(41)37-20-26-17-25-19-35-12-10-28(25)38-26/h5-8,10,12,17,19,23-24,29-30,36,38H,4,9,11,13-16,18,20-21H2,1-3H3,(H,37,41)/t23-,24+,29-,30+/m1/s1. The zero-order valence-corrected chi connectivity index (χ0v) is 26.0. The third-order valence-electron chi connectivity index (χ3n) is 9.80. The number of rotatable bonds is 8. The van der Waals surface area contributed by atoms with E-state index in [-0.39, 0.29) is 35.1 Å². The fraction of sp³-hybridized carbons (Fsp3) is 0.529. The van der Waals surface area contributed by atoms with Crippen LogP contribution in [0.3, 0.4) is 0 Å². The van der Waals surface area contributed by atoms with E-state index in [0.717, 1.165) is 60.1 Å². The van der Waals surface area contributed by atoms with Crippen LogP contribution in [0.25, 0.3) is 10.9 Å². The number of benzene rings is 1. The van der Waals surface area contributed by atoms with Crippen LogP contribution in [0, 0.1) is 11.8 Å². The second-order valence-electron chi connectivity index (χ2n) is 13.3. The number of H-pyrrole nitrogens is 1. The summed E-state index contributed by atoms with van der Waals surface area (Å²) >= 11 is 0. The summed E-state index contributed by atoms with van der Waals surface area (Å²) in [5, 5.41) is 7.45. The number of hydrogen-bond donors (Lipinski definition) is 3. The van der Waals surface area contributed by atoms with Crippen molar-refractivity contribution in [2.45, 2.75) is 76.5 Å². The average molecular weight is 601 g/mol. The molecule has 44 heavy (non-hydrogen) atoms. The van der Waals surface area contributed by atoms with Crippen LogP contribution in [0.15, 0.2) is 48.8 Å². The molecule has 2 aromatic heterocycles. The summed E-state index contributed by atoms with van der Waals surface area (Å²) in [6, 6.07) is 10.8. The van der Waals surface area contributed by atoms with Gasteiger partial charge in [0, 0.05) is 53.5 Å². The van der Waals surface area contributed by atoms with Gasteiger partial charge in [0.25, 0.3) is 0 Å². The first kappa shape index (κ1) is 30.1. The van der Waals surface area contributed by atoms with E-state index in [2.05, 4.69) is 34.4 Å². The minimum atomic E-state index is -0.577. The summed E-state index contributed by atoms with van der Waals surface area (Å²) in [7, 11) is 1.65. The number of likely N-dealkylation sites (tertiary alicyclic amines) is 2. The Hall–Kier alpha value is -3.92. The average Bonchev–Trinajstić information content (AvgIpc) is 3.75. The van der Waals surface area contributed by atoms with Crippen LogP contribution in [-0.4, -0.2) is 81.9 Å². The Morgan fingerprint density at radius 2 is 1.93 bits per heavy atom. The first-order valence-corrected chi connectivity index (χ1v) is 15.9. The van der Waals surface area contributed by atoms with Crippen LogP contribution in [0.1, 0.15) is 57.2 Å². The van der Waals surface area contributed by atoms with Crippen LogP contribution in [0.4, 0.5) is 0 Å². The first-order chi connectivity index (χ1) is 21.2. The summed E-state index contributed by atoms with van der Waals surface area (Å²) in [6.07, 6.45) is 8.06. The molecule has 3 saturated heterocycles. The highest BCUT2D eigenvalue weighted by atomic mass is 16.5. The van der Waals surface area contributed by atoms with Crippen LogP contribution in [0.5, 0.6) is 5.75 Å². The molecule has 3 aliphatic rings. The van der Waals surface area contributed by atoms with E-state index < -0.39 is 12.1 Å². The Kier molecular flexibility index (Phi) is 8.62. The number of piperidine rings is 1. The van der Waals surface area contributed by atoms with Gasteiger partial charge in [0.1, 0.15) is 11.8 Å². The number of fused-ring (bicyclic) bond motifs is 1. The highest BCUT2D eigenvalue weighted by Gasteiger charge is 2.45. The van der Waals surface area contributed by atoms with Crippen molar-refractivity contribution in [1.29, 1.82) is 0 Å². The van der Waals surface area contributed by atoms with Crippen molar-refractivity contribution in [2.24, 2.45) is 11.8 Å². The maximum absolute atomic E-state index is 14.1. The topological polar surface area (TPSA) is 120 Å². The summed E-state index contributed by atoms with van der Waals surface area (Å²) in [4.78, 5) is 52.7. The van der Waals surface area contributed by atoms with Crippen LogP contribution in [-0.2, 0) is 27.3 Å². The maximum Gasteiger partial charge on any atom is 0.243 e. The number of methoxy groups -OCH3 is 1. The predicted octanol–water partition coefficient (Wildman–Crippen LogP) is 3.42. The molecule has 0 spiro atoms. The van der Waals surface area contributed by atoms with E-state index in [1.807, 2.05) is 41.3 Å². The van der Waals surface area contributed by atoms with Crippen molar-refractivity contribution in [2.75, 3.05) is 26.7 Å². The van der Waals surface area contributed by atoms with E-state index in [0.29, 0.717) is 32.5 Å². The minimum Gasteiger partial charge on any atom is -0.497 e. The molecule has 1 aromatic carbocycles. The number of aromatic amines is 1. The normalized spacial score (nSPS) is 24.9. The first-order valence-electron chi connectivity index (χ1n) is 15.9. The Balaban J connectivity index is 1.16. The molecule has 3 aromatic rings. The predicted molar refractivity (Wildman–Crippen MR) is 168 cm³/mol.